The van der Waals surface area contributed by atoms with E-state index in [0.29, 0.717) is 16.9 Å². The fourth-order valence-corrected chi connectivity index (χ4v) is 3.94. The third-order valence-electron chi connectivity index (χ3n) is 3.89. The van der Waals surface area contributed by atoms with Crippen LogP contribution in [0.25, 0.3) is 0 Å². The van der Waals surface area contributed by atoms with E-state index in [9.17, 15) is 23.1 Å². The second-order valence-corrected chi connectivity index (χ2v) is 7.69. The number of carboxylic acids is 1. The van der Waals surface area contributed by atoms with Crippen molar-refractivity contribution >= 4 is 33.3 Å². The van der Waals surface area contributed by atoms with Crippen LogP contribution in [0.4, 0.5) is 11.4 Å². The zero-order valence-electron chi connectivity index (χ0n) is 14.7. The van der Waals surface area contributed by atoms with Crippen molar-refractivity contribution in [2.24, 2.45) is 0 Å². The summed E-state index contributed by atoms with van der Waals surface area (Å²) in [6.07, 6.45) is 0. The molecule has 0 aliphatic rings. The van der Waals surface area contributed by atoms with Gasteiger partial charge in [0.2, 0.25) is 5.91 Å². The van der Waals surface area contributed by atoms with Crippen molar-refractivity contribution in [2.75, 3.05) is 16.2 Å². The van der Waals surface area contributed by atoms with E-state index in [0.717, 1.165) is 9.87 Å². The second-order valence-electron chi connectivity index (χ2n) is 5.83. The van der Waals surface area contributed by atoms with E-state index in [1.165, 1.54) is 31.2 Å². The summed E-state index contributed by atoms with van der Waals surface area (Å²) in [7, 11) is -4.09. The number of hydrogen-bond donors (Lipinski definition) is 2. The largest absolute Gasteiger partial charge is 0.480 e. The predicted molar refractivity (Wildman–Crippen MR) is 98.8 cm³/mol. The molecule has 8 heteroatoms. The first-order valence-corrected chi connectivity index (χ1v) is 9.25. The van der Waals surface area contributed by atoms with E-state index in [1.807, 2.05) is 13.0 Å². The molecule has 0 radical (unpaired) electrons. The third-order valence-corrected chi connectivity index (χ3v) is 5.66. The molecular weight excluding hydrogens is 356 g/mol. The Bertz CT molecular complexity index is 937. The highest BCUT2D eigenvalue weighted by Crippen LogP contribution is 2.29. The normalized spacial score (nSPS) is 11.0. The van der Waals surface area contributed by atoms with Gasteiger partial charge >= 0.3 is 5.97 Å². The van der Waals surface area contributed by atoms with Crippen LogP contribution in [0.1, 0.15) is 18.1 Å². The summed E-state index contributed by atoms with van der Waals surface area (Å²) in [4.78, 5) is 22.3. The first-order chi connectivity index (χ1) is 12.1. The number of aryl methyl sites for hydroxylation is 1. The minimum absolute atomic E-state index is 0.0613. The Morgan fingerprint density at radius 2 is 1.69 bits per heavy atom. The average molecular weight is 376 g/mol. The van der Waals surface area contributed by atoms with E-state index in [2.05, 4.69) is 5.32 Å². The zero-order chi connectivity index (χ0) is 19.5. The number of amides is 1. The Morgan fingerprint density at radius 3 is 2.23 bits per heavy atom. The third kappa shape index (κ3) is 4.20. The first kappa shape index (κ1) is 19.5. The molecule has 26 heavy (non-hydrogen) atoms. The Hall–Kier alpha value is -2.87. The van der Waals surface area contributed by atoms with Crippen molar-refractivity contribution in [1.29, 1.82) is 0 Å². The number of sulfonamides is 1. The van der Waals surface area contributed by atoms with Gasteiger partial charge in [0.1, 0.15) is 6.54 Å². The van der Waals surface area contributed by atoms with E-state index in [-0.39, 0.29) is 10.8 Å². The highest BCUT2D eigenvalue weighted by Gasteiger charge is 2.28. The van der Waals surface area contributed by atoms with Crippen molar-refractivity contribution < 1.29 is 23.1 Å². The quantitative estimate of drug-likeness (QED) is 0.806. The van der Waals surface area contributed by atoms with Crippen LogP contribution in [-0.4, -0.2) is 31.9 Å². The summed E-state index contributed by atoms with van der Waals surface area (Å²) in [5, 5.41) is 11.8. The molecular formula is C18H20N2O5S. The van der Waals surface area contributed by atoms with Gasteiger partial charge in [0, 0.05) is 12.6 Å². The van der Waals surface area contributed by atoms with Crippen molar-refractivity contribution in [3.63, 3.8) is 0 Å². The highest BCUT2D eigenvalue weighted by molar-refractivity contribution is 7.92. The minimum atomic E-state index is -4.09. The van der Waals surface area contributed by atoms with Gasteiger partial charge in [-0.25, -0.2) is 8.42 Å². The van der Waals surface area contributed by atoms with Crippen LogP contribution in [0.2, 0.25) is 0 Å². The fraction of sp³-hybridized carbons (Fsp3) is 0.222. The molecule has 0 aromatic heterocycles. The van der Waals surface area contributed by atoms with Gasteiger partial charge in [-0.15, -0.1) is 0 Å². The summed E-state index contributed by atoms with van der Waals surface area (Å²) in [5.41, 5.74) is 2.31. The molecule has 7 nitrogen and oxygen atoms in total. The number of anilines is 2. The molecule has 138 valence electrons. The van der Waals surface area contributed by atoms with Crippen molar-refractivity contribution in [3.8, 4) is 0 Å². The summed E-state index contributed by atoms with van der Waals surface area (Å²) in [6.45, 7) is 4.22. The Balaban J connectivity index is 2.51. The highest BCUT2D eigenvalue weighted by atomic mass is 32.2. The Morgan fingerprint density at radius 1 is 1.08 bits per heavy atom. The van der Waals surface area contributed by atoms with Gasteiger partial charge in [0.15, 0.2) is 0 Å². The van der Waals surface area contributed by atoms with Crippen LogP contribution in [0.3, 0.4) is 0 Å². The minimum Gasteiger partial charge on any atom is -0.480 e. The van der Waals surface area contributed by atoms with Gasteiger partial charge in [0.05, 0.1) is 10.6 Å². The van der Waals surface area contributed by atoms with Crippen molar-refractivity contribution in [1.82, 2.24) is 0 Å². The van der Waals surface area contributed by atoms with Gasteiger partial charge < -0.3 is 10.4 Å². The number of carbonyl (C=O) groups is 2. The van der Waals surface area contributed by atoms with Gasteiger partial charge in [-0.3, -0.25) is 13.9 Å². The number of rotatable bonds is 6. The summed E-state index contributed by atoms with van der Waals surface area (Å²) >= 11 is 0. The number of carbonyl (C=O) groups excluding carboxylic acids is 1. The monoisotopic (exact) mass is 376 g/mol. The van der Waals surface area contributed by atoms with Crippen LogP contribution in [-0.2, 0) is 19.6 Å². The Kier molecular flexibility index (Phi) is 5.66. The molecule has 0 saturated carbocycles. The van der Waals surface area contributed by atoms with Crippen LogP contribution in [0, 0.1) is 13.8 Å². The van der Waals surface area contributed by atoms with Crippen LogP contribution >= 0.6 is 0 Å². The number of nitrogens with one attached hydrogen (secondary N) is 1. The zero-order valence-corrected chi connectivity index (χ0v) is 15.5. The summed E-state index contributed by atoms with van der Waals surface area (Å²) in [6, 6.07) is 10.7. The van der Waals surface area contributed by atoms with E-state index < -0.39 is 22.5 Å². The first-order valence-electron chi connectivity index (χ1n) is 7.81. The maximum Gasteiger partial charge on any atom is 0.324 e. The number of carboxylic acid groups (broad SMARTS) is 1. The fourth-order valence-electron chi connectivity index (χ4n) is 2.47. The number of aliphatic carboxylic acids is 1. The molecule has 0 aliphatic heterocycles. The van der Waals surface area contributed by atoms with E-state index in [4.69, 9.17) is 0 Å². The molecule has 1 amide bonds. The number of hydrogen-bond acceptors (Lipinski definition) is 4. The molecule has 0 bridgehead atoms. The molecule has 2 rings (SSSR count). The molecule has 0 saturated heterocycles. The summed E-state index contributed by atoms with van der Waals surface area (Å²) in [5.74, 6) is -1.53. The second kappa shape index (κ2) is 7.57. The molecule has 2 N–H and O–H groups in total. The van der Waals surface area contributed by atoms with Crippen LogP contribution in [0.5, 0.6) is 0 Å². The lowest BCUT2D eigenvalue weighted by atomic mass is 10.1. The molecule has 2 aromatic carbocycles. The topological polar surface area (TPSA) is 104 Å². The van der Waals surface area contributed by atoms with Crippen molar-refractivity contribution in [3.05, 3.63) is 53.6 Å². The number of benzene rings is 2. The average Bonchev–Trinajstić information content (AvgIpc) is 2.55. The lowest BCUT2D eigenvalue weighted by molar-refractivity contribution is -0.135. The lowest BCUT2D eigenvalue weighted by Gasteiger charge is -2.25. The number of nitrogens with zero attached hydrogens (tertiary/aromatic N) is 1. The molecule has 0 unspecified atom stereocenters. The smallest absolute Gasteiger partial charge is 0.324 e. The summed E-state index contributed by atoms with van der Waals surface area (Å²) < 4.78 is 27.0. The molecule has 0 spiro atoms. The van der Waals surface area contributed by atoms with Gasteiger partial charge in [-0.1, -0.05) is 12.1 Å². The Labute approximate surface area is 152 Å². The molecule has 0 heterocycles. The predicted octanol–water partition coefficient (Wildman–Crippen LogP) is 2.54. The van der Waals surface area contributed by atoms with Crippen LogP contribution in [0.15, 0.2) is 47.4 Å². The lowest BCUT2D eigenvalue weighted by Crippen LogP contribution is -2.36. The molecule has 0 atom stereocenters. The molecule has 2 aromatic rings. The van der Waals surface area contributed by atoms with Crippen molar-refractivity contribution in [2.45, 2.75) is 25.7 Å². The van der Waals surface area contributed by atoms with Gasteiger partial charge in [0.25, 0.3) is 10.0 Å². The van der Waals surface area contributed by atoms with E-state index in [1.54, 1.807) is 19.1 Å². The van der Waals surface area contributed by atoms with Crippen LogP contribution < -0.4 is 9.62 Å². The SMILES string of the molecule is CC(=O)Nc1ccc(S(=O)(=O)N(CC(=O)O)c2cccc(C)c2C)cc1. The van der Waals surface area contributed by atoms with Gasteiger partial charge in [-0.2, -0.15) is 0 Å². The molecule has 0 aliphatic carbocycles. The maximum absolute atomic E-state index is 13.0. The van der Waals surface area contributed by atoms with E-state index >= 15 is 0 Å². The van der Waals surface area contributed by atoms with Gasteiger partial charge in [-0.05, 0) is 55.3 Å². The maximum atomic E-state index is 13.0. The molecule has 0 fully saturated rings. The standard InChI is InChI=1S/C18H20N2O5S/c1-12-5-4-6-17(13(12)2)20(11-18(22)23)26(24,25)16-9-7-15(8-10-16)19-14(3)21/h4-10H,11H2,1-3H3,(H,19,21)(H,22,23).